The second kappa shape index (κ2) is 3.79. The van der Waals surface area contributed by atoms with Crippen molar-refractivity contribution >= 4 is 11.8 Å². The molecule has 70 valence electrons. The standard InChI is InChI=1S/C7H6F2N2O2/c8-6(9)5-3-4(1-2-10-5)11-7(12)13/h1-3,6H,(H,10,11)(H,12,13). The van der Waals surface area contributed by atoms with Crippen molar-refractivity contribution in [2.45, 2.75) is 6.43 Å². The van der Waals surface area contributed by atoms with Gasteiger partial charge in [0.15, 0.2) is 0 Å². The van der Waals surface area contributed by atoms with Gasteiger partial charge in [0.25, 0.3) is 6.43 Å². The quantitative estimate of drug-likeness (QED) is 0.747. The maximum absolute atomic E-state index is 12.0. The molecule has 0 aliphatic heterocycles. The van der Waals surface area contributed by atoms with Gasteiger partial charge in [-0.2, -0.15) is 0 Å². The number of carboxylic acid groups (broad SMARTS) is 1. The minimum absolute atomic E-state index is 0.0813. The molecular weight excluding hydrogens is 182 g/mol. The van der Waals surface area contributed by atoms with Crippen LogP contribution in [0.3, 0.4) is 0 Å². The molecule has 0 aliphatic rings. The number of carbonyl (C=O) groups is 1. The lowest BCUT2D eigenvalue weighted by Gasteiger charge is -2.02. The van der Waals surface area contributed by atoms with Crippen LogP contribution >= 0.6 is 0 Å². The Balaban J connectivity index is 2.85. The van der Waals surface area contributed by atoms with E-state index in [9.17, 15) is 13.6 Å². The smallest absolute Gasteiger partial charge is 0.409 e. The summed E-state index contributed by atoms with van der Waals surface area (Å²) in [4.78, 5) is 13.5. The van der Waals surface area contributed by atoms with Crippen LogP contribution in [-0.2, 0) is 0 Å². The van der Waals surface area contributed by atoms with Gasteiger partial charge in [0.2, 0.25) is 0 Å². The van der Waals surface area contributed by atoms with E-state index in [2.05, 4.69) is 4.98 Å². The fourth-order valence-corrected chi connectivity index (χ4v) is 0.769. The van der Waals surface area contributed by atoms with Gasteiger partial charge in [-0.15, -0.1) is 0 Å². The summed E-state index contributed by atoms with van der Waals surface area (Å²) in [5.41, 5.74) is -0.371. The predicted octanol–water partition coefficient (Wildman–Crippen LogP) is 2.11. The Morgan fingerprint density at radius 1 is 1.62 bits per heavy atom. The molecule has 0 bridgehead atoms. The summed E-state index contributed by atoms with van der Waals surface area (Å²) < 4.78 is 24.1. The number of pyridine rings is 1. The number of halogens is 2. The van der Waals surface area contributed by atoms with Gasteiger partial charge < -0.3 is 5.11 Å². The normalized spacial score (nSPS) is 10.1. The Labute approximate surface area is 72.2 Å². The molecule has 1 amide bonds. The lowest BCUT2D eigenvalue weighted by Crippen LogP contribution is -2.07. The van der Waals surface area contributed by atoms with Gasteiger partial charge in [-0.05, 0) is 12.1 Å². The van der Waals surface area contributed by atoms with Crippen molar-refractivity contribution in [1.29, 1.82) is 0 Å². The molecule has 2 N–H and O–H groups in total. The SMILES string of the molecule is O=C(O)Nc1ccnc(C(F)F)c1. The van der Waals surface area contributed by atoms with Crippen LogP contribution in [0.1, 0.15) is 12.1 Å². The van der Waals surface area contributed by atoms with Crippen molar-refractivity contribution in [1.82, 2.24) is 4.98 Å². The molecule has 0 unspecified atom stereocenters. The van der Waals surface area contributed by atoms with Crippen LogP contribution in [-0.4, -0.2) is 16.2 Å². The average Bonchev–Trinajstić information content (AvgIpc) is 2.03. The predicted molar refractivity (Wildman–Crippen MR) is 40.8 cm³/mol. The van der Waals surface area contributed by atoms with Crippen LogP contribution in [0.5, 0.6) is 0 Å². The number of alkyl halides is 2. The minimum atomic E-state index is -2.70. The Kier molecular flexibility index (Phi) is 2.73. The Hall–Kier alpha value is -1.72. The molecule has 0 saturated carbocycles. The number of hydrogen-bond acceptors (Lipinski definition) is 2. The maximum atomic E-state index is 12.0. The van der Waals surface area contributed by atoms with E-state index in [0.717, 1.165) is 12.3 Å². The molecule has 0 saturated heterocycles. The molecule has 13 heavy (non-hydrogen) atoms. The Bertz CT molecular complexity index is 317. The van der Waals surface area contributed by atoms with E-state index < -0.39 is 18.2 Å². The number of anilines is 1. The fraction of sp³-hybridized carbons (Fsp3) is 0.143. The maximum Gasteiger partial charge on any atom is 0.409 e. The molecule has 1 aromatic rings. The summed E-state index contributed by atoms with van der Waals surface area (Å²) in [7, 11) is 0. The molecule has 0 aliphatic carbocycles. The van der Waals surface area contributed by atoms with Crippen molar-refractivity contribution in [2.24, 2.45) is 0 Å². The van der Waals surface area contributed by atoms with Crippen molar-refractivity contribution in [3.8, 4) is 0 Å². The van der Waals surface area contributed by atoms with Crippen molar-refractivity contribution in [3.05, 3.63) is 24.0 Å². The van der Waals surface area contributed by atoms with Gasteiger partial charge in [0, 0.05) is 11.9 Å². The highest BCUT2D eigenvalue weighted by atomic mass is 19.3. The van der Waals surface area contributed by atoms with Crippen LogP contribution in [0.25, 0.3) is 0 Å². The highest BCUT2D eigenvalue weighted by Gasteiger charge is 2.09. The van der Waals surface area contributed by atoms with Crippen LogP contribution in [0, 0.1) is 0 Å². The number of aromatic nitrogens is 1. The first-order valence-electron chi connectivity index (χ1n) is 3.33. The van der Waals surface area contributed by atoms with Crippen molar-refractivity contribution in [2.75, 3.05) is 5.32 Å². The third-order valence-corrected chi connectivity index (χ3v) is 1.26. The molecule has 0 radical (unpaired) electrons. The molecule has 1 aromatic heterocycles. The largest absolute Gasteiger partial charge is 0.465 e. The molecule has 1 rings (SSSR count). The van der Waals surface area contributed by atoms with Crippen molar-refractivity contribution in [3.63, 3.8) is 0 Å². The number of nitrogens with zero attached hydrogens (tertiary/aromatic N) is 1. The zero-order valence-electron chi connectivity index (χ0n) is 6.37. The van der Waals surface area contributed by atoms with E-state index in [4.69, 9.17) is 5.11 Å². The number of hydrogen-bond donors (Lipinski definition) is 2. The lowest BCUT2D eigenvalue weighted by atomic mass is 10.3. The molecule has 0 spiro atoms. The molecule has 1 heterocycles. The van der Waals surface area contributed by atoms with E-state index in [1.807, 2.05) is 5.32 Å². The third kappa shape index (κ3) is 2.66. The second-order valence-corrected chi connectivity index (χ2v) is 2.20. The average molecular weight is 188 g/mol. The van der Waals surface area contributed by atoms with Crippen molar-refractivity contribution < 1.29 is 18.7 Å². The van der Waals surface area contributed by atoms with Crippen LogP contribution in [0.4, 0.5) is 19.3 Å². The molecular formula is C7H6F2N2O2. The van der Waals surface area contributed by atoms with Gasteiger partial charge >= 0.3 is 6.09 Å². The number of amides is 1. The van der Waals surface area contributed by atoms with Gasteiger partial charge in [-0.1, -0.05) is 0 Å². The summed E-state index contributed by atoms with van der Waals surface area (Å²) >= 11 is 0. The summed E-state index contributed by atoms with van der Waals surface area (Å²) in [5, 5.41) is 10.2. The van der Waals surface area contributed by atoms with Gasteiger partial charge in [0.05, 0.1) is 0 Å². The first-order chi connectivity index (χ1) is 6.09. The van der Waals surface area contributed by atoms with E-state index in [-0.39, 0.29) is 5.69 Å². The number of nitrogens with one attached hydrogen (secondary N) is 1. The monoisotopic (exact) mass is 188 g/mol. The summed E-state index contributed by atoms with van der Waals surface area (Å²) in [6.07, 6.45) is -2.88. The summed E-state index contributed by atoms with van der Waals surface area (Å²) in [5.74, 6) is 0. The van der Waals surface area contributed by atoms with Crippen LogP contribution in [0.2, 0.25) is 0 Å². The zero-order chi connectivity index (χ0) is 9.84. The highest BCUT2D eigenvalue weighted by molar-refractivity contribution is 5.82. The second-order valence-electron chi connectivity index (χ2n) is 2.20. The number of rotatable bonds is 2. The first kappa shape index (κ1) is 9.37. The summed E-state index contributed by atoms with van der Waals surface area (Å²) in [6.45, 7) is 0. The van der Waals surface area contributed by atoms with E-state index >= 15 is 0 Å². The van der Waals surface area contributed by atoms with Crippen LogP contribution < -0.4 is 5.32 Å². The topological polar surface area (TPSA) is 62.2 Å². The van der Waals surface area contributed by atoms with E-state index in [1.165, 1.54) is 6.07 Å². The molecule has 4 nitrogen and oxygen atoms in total. The molecule has 0 atom stereocenters. The van der Waals surface area contributed by atoms with Gasteiger partial charge in [-0.25, -0.2) is 13.6 Å². The molecule has 0 fully saturated rings. The first-order valence-corrected chi connectivity index (χ1v) is 3.33. The third-order valence-electron chi connectivity index (χ3n) is 1.26. The Morgan fingerprint density at radius 3 is 2.85 bits per heavy atom. The molecule has 0 aromatic carbocycles. The fourth-order valence-electron chi connectivity index (χ4n) is 0.769. The zero-order valence-corrected chi connectivity index (χ0v) is 6.37. The lowest BCUT2D eigenvalue weighted by molar-refractivity contribution is 0.146. The minimum Gasteiger partial charge on any atom is -0.465 e. The van der Waals surface area contributed by atoms with Gasteiger partial charge in [-0.3, -0.25) is 10.3 Å². The Morgan fingerprint density at radius 2 is 2.31 bits per heavy atom. The van der Waals surface area contributed by atoms with E-state index in [1.54, 1.807) is 0 Å². The molecule has 6 heteroatoms. The van der Waals surface area contributed by atoms with E-state index in [0.29, 0.717) is 0 Å². The van der Waals surface area contributed by atoms with Gasteiger partial charge in [0.1, 0.15) is 5.69 Å². The highest BCUT2D eigenvalue weighted by Crippen LogP contribution is 2.18. The van der Waals surface area contributed by atoms with Crippen LogP contribution in [0.15, 0.2) is 18.3 Å². The summed E-state index contributed by atoms with van der Waals surface area (Å²) in [6, 6.07) is 2.28.